The number of nitrogens with zero attached hydrogens (tertiary/aromatic N) is 2. The smallest absolute Gasteiger partial charge is 0.323 e. The monoisotopic (exact) mass is 398 g/mol. The SMILES string of the molecule is Cc1ccc(C(=O)N(CC(=O)O)CC(C)C)cc1S(=O)(=O)N1CCOCC1. The number of benzene rings is 1. The summed E-state index contributed by atoms with van der Waals surface area (Å²) in [5.74, 6) is -1.53. The average molecular weight is 398 g/mol. The highest BCUT2D eigenvalue weighted by molar-refractivity contribution is 7.89. The van der Waals surface area contributed by atoms with E-state index in [9.17, 15) is 18.0 Å². The largest absolute Gasteiger partial charge is 0.480 e. The third-order valence-electron chi connectivity index (χ3n) is 4.22. The number of hydrogen-bond acceptors (Lipinski definition) is 5. The Balaban J connectivity index is 2.37. The van der Waals surface area contributed by atoms with Crippen LogP contribution < -0.4 is 0 Å². The molecule has 1 aromatic rings. The Morgan fingerprint density at radius 3 is 2.44 bits per heavy atom. The maximum atomic E-state index is 13.0. The van der Waals surface area contributed by atoms with Crippen molar-refractivity contribution < 1.29 is 27.9 Å². The summed E-state index contributed by atoms with van der Waals surface area (Å²) in [4.78, 5) is 25.2. The fourth-order valence-corrected chi connectivity index (χ4v) is 4.60. The Morgan fingerprint density at radius 2 is 1.89 bits per heavy atom. The fourth-order valence-electron chi connectivity index (χ4n) is 2.94. The average Bonchev–Trinajstić information content (AvgIpc) is 2.60. The zero-order valence-corrected chi connectivity index (χ0v) is 16.7. The molecular formula is C18H26N2O6S. The molecule has 9 heteroatoms. The molecule has 1 saturated heterocycles. The van der Waals surface area contributed by atoms with Gasteiger partial charge in [0.25, 0.3) is 5.91 Å². The Hall–Kier alpha value is -1.97. The first-order valence-electron chi connectivity index (χ1n) is 8.82. The highest BCUT2D eigenvalue weighted by atomic mass is 32.2. The summed E-state index contributed by atoms with van der Waals surface area (Å²) in [6.07, 6.45) is 0. The van der Waals surface area contributed by atoms with Crippen molar-refractivity contribution in [1.29, 1.82) is 0 Å². The molecule has 0 atom stereocenters. The Labute approximate surface area is 159 Å². The van der Waals surface area contributed by atoms with Gasteiger partial charge in [0.15, 0.2) is 0 Å². The first kappa shape index (κ1) is 21.3. The lowest BCUT2D eigenvalue weighted by atomic mass is 10.1. The summed E-state index contributed by atoms with van der Waals surface area (Å²) in [5.41, 5.74) is 0.695. The minimum Gasteiger partial charge on any atom is -0.480 e. The fraction of sp³-hybridized carbons (Fsp3) is 0.556. The summed E-state index contributed by atoms with van der Waals surface area (Å²) in [7, 11) is -3.75. The van der Waals surface area contributed by atoms with Crippen molar-refractivity contribution in [1.82, 2.24) is 9.21 Å². The standard InChI is InChI=1S/C18H26N2O6S/c1-13(2)11-19(12-17(21)22)18(23)15-5-4-14(3)16(10-15)27(24,25)20-6-8-26-9-7-20/h4-5,10,13H,6-9,11-12H2,1-3H3,(H,21,22). The number of morpholine rings is 1. The van der Waals surface area contributed by atoms with Crippen molar-refractivity contribution in [2.45, 2.75) is 25.7 Å². The summed E-state index contributed by atoms with van der Waals surface area (Å²) >= 11 is 0. The quantitative estimate of drug-likeness (QED) is 0.740. The number of aliphatic carboxylic acids is 1. The summed E-state index contributed by atoms with van der Waals surface area (Å²) in [6, 6.07) is 4.46. The topological polar surface area (TPSA) is 104 Å². The molecule has 0 saturated carbocycles. The van der Waals surface area contributed by atoms with Crippen LogP contribution in [0.2, 0.25) is 0 Å². The van der Waals surface area contributed by atoms with Crippen molar-refractivity contribution in [2.75, 3.05) is 39.4 Å². The van der Waals surface area contributed by atoms with Crippen molar-refractivity contribution in [3.8, 4) is 0 Å². The molecular weight excluding hydrogens is 372 g/mol. The maximum absolute atomic E-state index is 13.0. The summed E-state index contributed by atoms with van der Waals surface area (Å²) < 4.78 is 32.5. The van der Waals surface area contributed by atoms with Gasteiger partial charge in [-0.05, 0) is 30.5 Å². The molecule has 1 fully saturated rings. The number of amides is 1. The zero-order chi connectivity index (χ0) is 20.2. The van der Waals surface area contributed by atoms with Gasteiger partial charge in [-0.15, -0.1) is 0 Å². The minimum absolute atomic E-state index is 0.0649. The van der Waals surface area contributed by atoms with Gasteiger partial charge in [-0.25, -0.2) is 8.42 Å². The number of aryl methyl sites for hydroxylation is 1. The number of carboxylic acid groups (broad SMARTS) is 1. The van der Waals surface area contributed by atoms with Crippen molar-refractivity contribution in [2.24, 2.45) is 5.92 Å². The van der Waals surface area contributed by atoms with E-state index in [4.69, 9.17) is 9.84 Å². The number of sulfonamides is 1. The molecule has 8 nitrogen and oxygen atoms in total. The van der Waals surface area contributed by atoms with Gasteiger partial charge >= 0.3 is 5.97 Å². The van der Waals surface area contributed by atoms with Crippen LogP contribution in [-0.2, 0) is 19.6 Å². The molecule has 27 heavy (non-hydrogen) atoms. The lowest BCUT2D eigenvalue weighted by molar-refractivity contribution is -0.137. The van der Waals surface area contributed by atoms with E-state index in [0.29, 0.717) is 18.8 Å². The van der Waals surface area contributed by atoms with Gasteiger partial charge in [-0.3, -0.25) is 9.59 Å². The molecule has 1 aromatic carbocycles. The highest BCUT2D eigenvalue weighted by Gasteiger charge is 2.29. The molecule has 0 unspecified atom stereocenters. The van der Waals surface area contributed by atoms with E-state index in [-0.39, 0.29) is 36.0 Å². The van der Waals surface area contributed by atoms with Crippen LogP contribution in [0.5, 0.6) is 0 Å². The number of ether oxygens (including phenoxy) is 1. The van der Waals surface area contributed by atoms with Crippen LogP contribution in [0.1, 0.15) is 29.8 Å². The first-order valence-corrected chi connectivity index (χ1v) is 10.3. The van der Waals surface area contributed by atoms with Gasteiger partial charge in [0.2, 0.25) is 10.0 Å². The van der Waals surface area contributed by atoms with Crippen LogP contribution in [0.3, 0.4) is 0 Å². The number of carbonyl (C=O) groups is 2. The maximum Gasteiger partial charge on any atom is 0.323 e. The molecule has 0 bridgehead atoms. The van der Waals surface area contributed by atoms with Crippen LogP contribution >= 0.6 is 0 Å². The van der Waals surface area contributed by atoms with Crippen LogP contribution in [0, 0.1) is 12.8 Å². The number of carboxylic acids is 1. The predicted molar refractivity (Wildman–Crippen MR) is 99.1 cm³/mol. The molecule has 1 amide bonds. The van der Waals surface area contributed by atoms with Gasteiger partial charge < -0.3 is 14.7 Å². The van der Waals surface area contributed by atoms with E-state index < -0.39 is 28.4 Å². The molecule has 1 aliphatic heterocycles. The lowest BCUT2D eigenvalue weighted by Crippen LogP contribution is -2.41. The van der Waals surface area contributed by atoms with E-state index >= 15 is 0 Å². The normalized spacial score (nSPS) is 15.7. The molecule has 1 aliphatic rings. The van der Waals surface area contributed by atoms with E-state index in [1.165, 1.54) is 21.3 Å². The number of hydrogen-bond donors (Lipinski definition) is 1. The van der Waals surface area contributed by atoms with E-state index in [2.05, 4.69) is 0 Å². The van der Waals surface area contributed by atoms with E-state index in [0.717, 1.165) is 0 Å². The highest BCUT2D eigenvalue weighted by Crippen LogP contribution is 2.23. The van der Waals surface area contributed by atoms with Crippen molar-refractivity contribution in [3.63, 3.8) is 0 Å². The second kappa shape index (κ2) is 8.81. The molecule has 0 radical (unpaired) electrons. The van der Waals surface area contributed by atoms with Crippen LogP contribution in [0.4, 0.5) is 0 Å². The van der Waals surface area contributed by atoms with Crippen molar-refractivity contribution in [3.05, 3.63) is 29.3 Å². The third-order valence-corrected chi connectivity index (χ3v) is 6.26. The molecule has 0 aliphatic carbocycles. The van der Waals surface area contributed by atoms with E-state index in [1.807, 2.05) is 13.8 Å². The molecule has 2 rings (SSSR count). The molecule has 0 aromatic heterocycles. The molecule has 0 spiro atoms. The zero-order valence-electron chi connectivity index (χ0n) is 15.8. The van der Waals surface area contributed by atoms with Gasteiger partial charge in [-0.2, -0.15) is 4.31 Å². The minimum atomic E-state index is -3.75. The first-order chi connectivity index (χ1) is 12.6. The second-order valence-electron chi connectivity index (χ2n) is 6.97. The summed E-state index contributed by atoms with van der Waals surface area (Å²) in [5, 5.41) is 9.08. The van der Waals surface area contributed by atoms with Gasteiger partial charge in [0, 0.05) is 25.2 Å². The third kappa shape index (κ3) is 5.27. The number of carbonyl (C=O) groups excluding carboxylic acids is 1. The van der Waals surface area contributed by atoms with Crippen molar-refractivity contribution >= 4 is 21.9 Å². The second-order valence-corrected chi connectivity index (χ2v) is 8.88. The Kier molecular flexibility index (Phi) is 6.96. The van der Waals surface area contributed by atoms with Crippen LogP contribution in [-0.4, -0.2) is 74.0 Å². The Bertz CT molecular complexity index is 800. The van der Waals surface area contributed by atoms with Gasteiger partial charge in [0.05, 0.1) is 18.1 Å². The van der Waals surface area contributed by atoms with E-state index in [1.54, 1.807) is 13.0 Å². The van der Waals surface area contributed by atoms with Gasteiger partial charge in [-0.1, -0.05) is 19.9 Å². The summed E-state index contributed by atoms with van der Waals surface area (Å²) in [6.45, 7) is 6.45. The molecule has 150 valence electrons. The van der Waals surface area contributed by atoms with Crippen LogP contribution in [0.15, 0.2) is 23.1 Å². The van der Waals surface area contributed by atoms with Crippen LogP contribution in [0.25, 0.3) is 0 Å². The Morgan fingerprint density at radius 1 is 1.26 bits per heavy atom. The van der Waals surface area contributed by atoms with Gasteiger partial charge in [0.1, 0.15) is 6.54 Å². The lowest BCUT2D eigenvalue weighted by Gasteiger charge is -2.27. The number of rotatable bonds is 7. The predicted octanol–water partition coefficient (Wildman–Crippen LogP) is 1.20. The molecule has 1 N–H and O–H groups in total. The molecule has 1 heterocycles.